The smallest absolute Gasteiger partial charge is 0.277 e. The largest absolute Gasteiger partial charge is 0.382 e. The minimum Gasteiger partial charge on any atom is -0.382 e. The highest BCUT2D eigenvalue weighted by Gasteiger charge is 2.48. The van der Waals surface area contributed by atoms with Gasteiger partial charge < -0.3 is 24.1 Å². The Balaban J connectivity index is 1.65. The second-order valence-electron chi connectivity index (χ2n) is 10.5. The van der Waals surface area contributed by atoms with E-state index >= 15 is 0 Å². The number of carbonyl (C=O) groups excluding carboxylic acids is 1. The van der Waals surface area contributed by atoms with Crippen molar-refractivity contribution in [2.75, 3.05) is 27.4 Å². The van der Waals surface area contributed by atoms with Gasteiger partial charge in [-0.05, 0) is 22.3 Å². The summed E-state index contributed by atoms with van der Waals surface area (Å²) < 4.78 is 24.9. The van der Waals surface area contributed by atoms with Gasteiger partial charge in [-0.3, -0.25) is 9.63 Å². The molecule has 0 heterocycles. The first kappa shape index (κ1) is 33.0. The van der Waals surface area contributed by atoms with Gasteiger partial charge in [-0.25, -0.2) is 5.06 Å². The molecule has 0 saturated heterocycles. The molecule has 4 aromatic carbocycles. The predicted octanol–water partition coefficient (Wildman–Crippen LogP) is 5.34. The molecule has 0 aromatic heterocycles. The van der Waals surface area contributed by atoms with E-state index in [9.17, 15) is 9.90 Å². The number of likely N-dealkylation sites (N-methyl/N-ethyl adjacent to an activating group) is 1. The minimum absolute atomic E-state index is 0.103. The van der Waals surface area contributed by atoms with Crippen LogP contribution in [0.25, 0.3) is 0 Å². The lowest BCUT2D eigenvalue weighted by molar-refractivity contribution is -0.230. The Morgan fingerprint density at radius 2 is 1.00 bits per heavy atom. The molecule has 0 fully saturated rings. The van der Waals surface area contributed by atoms with Gasteiger partial charge in [-0.1, -0.05) is 121 Å². The summed E-state index contributed by atoms with van der Waals surface area (Å²) >= 11 is 0. The molecular formula is C36H41NO7. The van der Waals surface area contributed by atoms with Crippen molar-refractivity contribution in [2.24, 2.45) is 0 Å². The van der Waals surface area contributed by atoms with Gasteiger partial charge in [0.1, 0.15) is 11.7 Å². The number of hydrogen-bond acceptors (Lipinski definition) is 7. The number of nitrogens with zero attached hydrogens (tertiary/aromatic N) is 1. The van der Waals surface area contributed by atoms with Crippen LogP contribution >= 0.6 is 0 Å². The van der Waals surface area contributed by atoms with E-state index in [0.717, 1.165) is 27.3 Å². The van der Waals surface area contributed by atoms with Gasteiger partial charge in [0.25, 0.3) is 5.91 Å². The average Bonchev–Trinajstić information content (AvgIpc) is 3.07. The molecule has 232 valence electrons. The molecule has 0 aliphatic rings. The quantitative estimate of drug-likeness (QED) is 0.155. The molecule has 0 aliphatic heterocycles. The third-order valence-electron chi connectivity index (χ3n) is 7.10. The second kappa shape index (κ2) is 17.4. The van der Waals surface area contributed by atoms with E-state index in [1.54, 1.807) is 0 Å². The van der Waals surface area contributed by atoms with Crippen LogP contribution in [0, 0.1) is 0 Å². The predicted molar refractivity (Wildman–Crippen MR) is 167 cm³/mol. The zero-order valence-electron chi connectivity index (χ0n) is 25.3. The van der Waals surface area contributed by atoms with Crippen LogP contribution in [0.5, 0.6) is 0 Å². The van der Waals surface area contributed by atoms with Crippen LogP contribution in [-0.2, 0) is 55.0 Å². The van der Waals surface area contributed by atoms with Crippen molar-refractivity contribution in [3.63, 3.8) is 0 Å². The zero-order valence-corrected chi connectivity index (χ0v) is 25.3. The van der Waals surface area contributed by atoms with E-state index in [2.05, 4.69) is 0 Å². The molecule has 0 unspecified atom stereocenters. The average molecular weight is 600 g/mol. The normalized spacial score (nSPS) is 12.9. The van der Waals surface area contributed by atoms with Crippen molar-refractivity contribution >= 4 is 5.91 Å². The standard InChI is InChI=1S/C36H41NO7/c1-37(40-2)35(38)33(43-25-31-19-11-5-12-20-31)34(44-26-32-21-13-6-14-22-32)36(39,27-41-23-29-15-7-3-8-16-29)28-42-24-30-17-9-4-10-18-30/h3-22,33-34,39H,23-28H2,1-2H3/t33-,34+/m1/s1. The fourth-order valence-electron chi connectivity index (χ4n) is 4.65. The highest BCUT2D eigenvalue weighted by atomic mass is 16.7. The van der Waals surface area contributed by atoms with Crippen LogP contribution in [0.15, 0.2) is 121 Å². The zero-order chi connectivity index (χ0) is 31.0. The number of ether oxygens (including phenoxy) is 4. The van der Waals surface area contributed by atoms with Gasteiger partial charge in [0.15, 0.2) is 6.10 Å². The summed E-state index contributed by atoms with van der Waals surface area (Å²) in [4.78, 5) is 19.0. The van der Waals surface area contributed by atoms with Crippen molar-refractivity contribution in [1.82, 2.24) is 5.06 Å². The van der Waals surface area contributed by atoms with Crippen LogP contribution < -0.4 is 0 Å². The highest BCUT2D eigenvalue weighted by Crippen LogP contribution is 2.26. The summed E-state index contributed by atoms with van der Waals surface area (Å²) in [5.74, 6) is -0.522. The minimum atomic E-state index is -1.80. The molecule has 0 spiro atoms. The lowest BCUT2D eigenvalue weighted by Crippen LogP contribution is -2.60. The fraction of sp³-hybridized carbons (Fsp3) is 0.306. The highest BCUT2D eigenvalue weighted by molar-refractivity contribution is 5.80. The number of amides is 1. The lowest BCUT2D eigenvalue weighted by Gasteiger charge is -2.40. The SMILES string of the molecule is CON(C)C(=O)[C@H](OCc1ccccc1)[C@H](OCc1ccccc1)C(O)(COCc1ccccc1)COCc1ccccc1. The maximum atomic E-state index is 13.8. The summed E-state index contributed by atoms with van der Waals surface area (Å²) in [6, 6.07) is 38.4. The molecular weight excluding hydrogens is 558 g/mol. The first-order valence-corrected chi connectivity index (χ1v) is 14.6. The number of rotatable bonds is 18. The number of aliphatic hydroxyl groups is 1. The molecule has 44 heavy (non-hydrogen) atoms. The van der Waals surface area contributed by atoms with Crippen LogP contribution in [0.4, 0.5) is 0 Å². The Labute approximate surface area is 259 Å². The first-order chi connectivity index (χ1) is 21.5. The maximum absolute atomic E-state index is 13.8. The molecule has 0 saturated carbocycles. The summed E-state index contributed by atoms with van der Waals surface area (Å²) in [5, 5.41) is 13.5. The molecule has 4 rings (SSSR count). The van der Waals surface area contributed by atoms with Crippen molar-refractivity contribution < 1.29 is 33.7 Å². The molecule has 8 heteroatoms. The van der Waals surface area contributed by atoms with Crippen molar-refractivity contribution in [3.05, 3.63) is 144 Å². The summed E-state index contributed by atoms with van der Waals surface area (Å²) in [7, 11) is 2.89. The van der Waals surface area contributed by atoms with Gasteiger partial charge in [-0.15, -0.1) is 0 Å². The summed E-state index contributed by atoms with van der Waals surface area (Å²) in [5.41, 5.74) is 1.80. The van der Waals surface area contributed by atoms with Crippen LogP contribution in [0.2, 0.25) is 0 Å². The van der Waals surface area contributed by atoms with E-state index in [0.29, 0.717) is 0 Å². The molecule has 2 atom stereocenters. The van der Waals surface area contributed by atoms with Gasteiger partial charge >= 0.3 is 0 Å². The fourth-order valence-corrected chi connectivity index (χ4v) is 4.65. The van der Waals surface area contributed by atoms with Crippen LogP contribution in [0.1, 0.15) is 22.3 Å². The van der Waals surface area contributed by atoms with Crippen LogP contribution in [-0.4, -0.2) is 61.3 Å². The molecule has 8 nitrogen and oxygen atoms in total. The molecule has 0 bridgehead atoms. The van der Waals surface area contributed by atoms with Crippen molar-refractivity contribution in [3.8, 4) is 0 Å². The first-order valence-electron chi connectivity index (χ1n) is 14.6. The van der Waals surface area contributed by atoms with E-state index in [1.807, 2.05) is 121 Å². The van der Waals surface area contributed by atoms with E-state index in [-0.39, 0.29) is 39.6 Å². The third-order valence-corrected chi connectivity index (χ3v) is 7.10. The number of hydrogen-bond donors (Lipinski definition) is 1. The topological polar surface area (TPSA) is 86.7 Å². The molecule has 0 aliphatic carbocycles. The Morgan fingerprint density at radius 1 is 0.636 bits per heavy atom. The molecule has 1 amide bonds. The Bertz CT molecular complexity index is 1310. The van der Waals surface area contributed by atoms with E-state index in [4.69, 9.17) is 23.8 Å². The van der Waals surface area contributed by atoms with Gasteiger partial charge in [0.05, 0.1) is 46.8 Å². The maximum Gasteiger partial charge on any atom is 0.277 e. The lowest BCUT2D eigenvalue weighted by atomic mass is 9.92. The van der Waals surface area contributed by atoms with E-state index in [1.165, 1.54) is 14.2 Å². The number of hydroxylamine groups is 2. The Hall–Kier alpha value is -3.89. The molecule has 4 aromatic rings. The molecule has 1 N–H and O–H groups in total. The summed E-state index contributed by atoms with van der Waals surface area (Å²) in [6.07, 6.45) is -2.47. The van der Waals surface area contributed by atoms with Gasteiger partial charge in [-0.2, -0.15) is 0 Å². The monoisotopic (exact) mass is 599 g/mol. The number of carbonyl (C=O) groups is 1. The Morgan fingerprint density at radius 3 is 1.39 bits per heavy atom. The van der Waals surface area contributed by atoms with Crippen molar-refractivity contribution in [2.45, 2.75) is 44.2 Å². The van der Waals surface area contributed by atoms with Crippen molar-refractivity contribution in [1.29, 1.82) is 0 Å². The van der Waals surface area contributed by atoms with Crippen LogP contribution in [0.3, 0.4) is 0 Å². The Kier molecular flexibility index (Phi) is 13.1. The van der Waals surface area contributed by atoms with Gasteiger partial charge in [0.2, 0.25) is 0 Å². The molecule has 0 radical (unpaired) electrons. The second-order valence-corrected chi connectivity index (χ2v) is 10.5. The third kappa shape index (κ3) is 10.1. The number of benzene rings is 4. The van der Waals surface area contributed by atoms with Gasteiger partial charge in [0, 0.05) is 7.05 Å². The summed E-state index contributed by atoms with van der Waals surface area (Å²) in [6.45, 7) is 0.326. The van der Waals surface area contributed by atoms with E-state index < -0.39 is 23.7 Å².